The first kappa shape index (κ1) is 12.7. The molecule has 0 aromatic carbocycles. The number of oxazole rings is 1. The molecule has 0 amide bonds. The number of nitrogens with zero attached hydrogens (tertiary/aromatic N) is 2. The van der Waals surface area contributed by atoms with Crippen molar-refractivity contribution in [2.24, 2.45) is 5.92 Å². The number of carbonyl (C=O) groups is 1. The Morgan fingerprint density at radius 2 is 2.28 bits per heavy atom. The maximum atomic E-state index is 12.6. The number of alkyl halides is 3. The van der Waals surface area contributed by atoms with Crippen molar-refractivity contribution in [1.82, 2.24) is 4.98 Å². The molecule has 0 aliphatic carbocycles. The number of hydrogen-bond donors (Lipinski definition) is 1. The molecule has 18 heavy (non-hydrogen) atoms. The zero-order valence-electron chi connectivity index (χ0n) is 9.28. The fraction of sp³-hybridized carbons (Fsp3) is 0.600. The number of halogens is 3. The lowest BCUT2D eigenvalue weighted by Gasteiger charge is -2.32. The summed E-state index contributed by atoms with van der Waals surface area (Å²) in [6.07, 6.45) is -2.88. The van der Waals surface area contributed by atoms with Crippen molar-refractivity contribution >= 4 is 12.0 Å². The van der Waals surface area contributed by atoms with Crippen LogP contribution in [0.15, 0.2) is 10.7 Å². The first-order valence-corrected chi connectivity index (χ1v) is 5.38. The summed E-state index contributed by atoms with van der Waals surface area (Å²) in [6, 6.07) is -0.0682. The van der Waals surface area contributed by atoms with E-state index in [4.69, 9.17) is 9.52 Å². The molecule has 1 aliphatic heterocycles. The van der Waals surface area contributed by atoms with E-state index in [0.717, 1.165) is 6.26 Å². The van der Waals surface area contributed by atoms with Gasteiger partial charge in [0.1, 0.15) is 6.26 Å². The smallest absolute Gasteiger partial charge is 0.393 e. The van der Waals surface area contributed by atoms with E-state index in [1.54, 1.807) is 0 Å². The Hall–Kier alpha value is -1.73. The van der Waals surface area contributed by atoms with E-state index in [1.165, 1.54) is 4.90 Å². The molecule has 0 saturated carbocycles. The predicted octanol–water partition coefficient (Wildman–Crippen LogP) is 2.15. The molecule has 100 valence electrons. The molecule has 0 spiro atoms. The van der Waals surface area contributed by atoms with Crippen LogP contribution in [-0.2, 0) is 0 Å². The maximum Gasteiger partial charge on any atom is 0.393 e. The normalized spacial score (nSPS) is 21.1. The molecule has 0 radical (unpaired) electrons. The van der Waals surface area contributed by atoms with Crippen LogP contribution < -0.4 is 4.90 Å². The third-order valence-electron chi connectivity index (χ3n) is 2.87. The quantitative estimate of drug-likeness (QED) is 0.886. The van der Waals surface area contributed by atoms with Crippen LogP contribution >= 0.6 is 0 Å². The van der Waals surface area contributed by atoms with Gasteiger partial charge in [0.05, 0.1) is 5.92 Å². The zero-order valence-corrected chi connectivity index (χ0v) is 9.28. The molecule has 2 heterocycles. The minimum Gasteiger partial charge on any atom is -0.476 e. The summed E-state index contributed by atoms with van der Waals surface area (Å²) in [5, 5.41) is 8.66. The van der Waals surface area contributed by atoms with E-state index in [9.17, 15) is 18.0 Å². The molecule has 1 atom stereocenters. The Labute approximate surface area is 100 Å². The maximum absolute atomic E-state index is 12.6. The Morgan fingerprint density at radius 1 is 1.56 bits per heavy atom. The van der Waals surface area contributed by atoms with E-state index in [1.807, 2.05) is 0 Å². The Kier molecular flexibility index (Phi) is 3.18. The van der Waals surface area contributed by atoms with Gasteiger partial charge in [0, 0.05) is 13.1 Å². The highest BCUT2D eigenvalue weighted by Crippen LogP contribution is 2.34. The van der Waals surface area contributed by atoms with Crippen LogP contribution in [0.3, 0.4) is 0 Å². The van der Waals surface area contributed by atoms with E-state index >= 15 is 0 Å². The number of aromatic nitrogens is 1. The summed E-state index contributed by atoms with van der Waals surface area (Å²) in [5.74, 6) is -2.69. The van der Waals surface area contributed by atoms with Crippen LogP contribution in [-0.4, -0.2) is 35.3 Å². The van der Waals surface area contributed by atoms with E-state index in [2.05, 4.69) is 4.98 Å². The molecule has 1 aromatic heterocycles. The van der Waals surface area contributed by atoms with E-state index < -0.39 is 18.1 Å². The van der Waals surface area contributed by atoms with Crippen molar-refractivity contribution in [3.05, 3.63) is 12.0 Å². The third-order valence-corrected chi connectivity index (χ3v) is 2.87. The Balaban J connectivity index is 2.10. The van der Waals surface area contributed by atoms with Crippen LogP contribution in [0, 0.1) is 5.92 Å². The molecule has 5 nitrogen and oxygen atoms in total. The lowest BCUT2D eigenvalue weighted by atomic mass is 9.98. The predicted molar refractivity (Wildman–Crippen MR) is 54.5 cm³/mol. The first-order valence-electron chi connectivity index (χ1n) is 5.38. The molecule has 1 unspecified atom stereocenters. The summed E-state index contributed by atoms with van der Waals surface area (Å²) >= 11 is 0. The van der Waals surface area contributed by atoms with Gasteiger partial charge in [0.25, 0.3) is 6.01 Å². The van der Waals surface area contributed by atoms with Gasteiger partial charge in [-0.1, -0.05) is 0 Å². The molecule has 1 aromatic rings. The summed E-state index contributed by atoms with van der Waals surface area (Å²) in [4.78, 5) is 15.6. The van der Waals surface area contributed by atoms with Gasteiger partial charge >= 0.3 is 12.1 Å². The molecule has 2 rings (SSSR count). The fourth-order valence-corrected chi connectivity index (χ4v) is 1.93. The second-order valence-electron chi connectivity index (χ2n) is 4.15. The summed E-state index contributed by atoms with van der Waals surface area (Å²) in [7, 11) is 0. The van der Waals surface area contributed by atoms with Crippen molar-refractivity contribution in [1.29, 1.82) is 0 Å². The topological polar surface area (TPSA) is 66.6 Å². The van der Waals surface area contributed by atoms with Crippen molar-refractivity contribution in [3.63, 3.8) is 0 Å². The molecule has 1 N–H and O–H groups in total. The van der Waals surface area contributed by atoms with Crippen molar-refractivity contribution in [3.8, 4) is 0 Å². The van der Waals surface area contributed by atoms with Gasteiger partial charge in [-0.05, 0) is 12.8 Å². The van der Waals surface area contributed by atoms with Crippen molar-refractivity contribution in [2.75, 3.05) is 18.0 Å². The standard InChI is InChI=1S/C10H11F3N2O3/c11-10(12,13)6-2-1-3-15(4-6)9-14-7(5-18-9)8(16)17/h5-6H,1-4H2,(H,16,17). The van der Waals surface area contributed by atoms with Crippen LogP contribution in [0.4, 0.5) is 19.2 Å². The highest BCUT2D eigenvalue weighted by atomic mass is 19.4. The number of aromatic carboxylic acids is 1. The van der Waals surface area contributed by atoms with Crippen molar-refractivity contribution in [2.45, 2.75) is 19.0 Å². The molecular formula is C10H11F3N2O3. The molecule has 1 fully saturated rings. The van der Waals surface area contributed by atoms with E-state index in [0.29, 0.717) is 13.0 Å². The average molecular weight is 264 g/mol. The SMILES string of the molecule is O=C(O)c1coc(N2CCCC(C(F)(F)F)C2)n1. The van der Waals surface area contributed by atoms with Crippen LogP contribution in [0.1, 0.15) is 23.3 Å². The van der Waals surface area contributed by atoms with Gasteiger partial charge in [-0.2, -0.15) is 18.2 Å². The molecular weight excluding hydrogens is 253 g/mol. The lowest BCUT2D eigenvalue weighted by molar-refractivity contribution is -0.176. The van der Waals surface area contributed by atoms with Crippen LogP contribution in [0.2, 0.25) is 0 Å². The number of hydrogen-bond acceptors (Lipinski definition) is 4. The fourth-order valence-electron chi connectivity index (χ4n) is 1.93. The summed E-state index contributed by atoms with van der Waals surface area (Å²) < 4.78 is 42.7. The highest BCUT2D eigenvalue weighted by Gasteiger charge is 2.42. The van der Waals surface area contributed by atoms with Crippen LogP contribution in [0.5, 0.6) is 0 Å². The monoisotopic (exact) mass is 264 g/mol. The number of carboxylic acid groups (broad SMARTS) is 1. The molecule has 1 saturated heterocycles. The third kappa shape index (κ3) is 2.57. The number of carboxylic acids is 1. The van der Waals surface area contributed by atoms with Gasteiger partial charge in [0.15, 0.2) is 5.69 Å². The van der Waals surface area contributed by atoms with Gasteiger partial charge in [0.2, 0.25) is 0 Å². The van der Waals surface area contributed by atoms with E-state index in [-0.39, 0.29) is 24.7 Å². The first-order chi connectivity index (χ1) is 8.38. The number of piperidine rings is 1. The van der Waals surface area contributed by atoms with Gasteiger partial charge in [-0.25, -0.2) is 4.79 Å². The average Bonchev–Trinajstić information content (AvgIpc) is 2.77. The highest BCUT2D eigenvalue weighted by molar-refractivity contribution is 5.85. The lowest BCUT2D eigenvalue weighted by Crippen LogP contribution is -2.41. The Bertz CT molecular complexity index is 444. The van der Waals surface area contributed by atoms with Gasteiger partial charge < -0.3 is 14.4 Å². The zero-order chi connectivity index (χ0) is 13.3. The number of anilines is 1. The second kappa shape index (κ2) is 4.51. The minimum absolute atomic E-state index is 0.0682. The number of rotatable bonds is 2. The summed E-state index contributed by atoms with van der Waals surface area (Å²) in [5.41, 5.74) is -0.306. The molecule has 8 heteroatoms. The minimum atomic E-state index is -4.25. The molecule has 1 aliphatic rings. The van der Waals surface area contributed by atoms with Gasteiger partial charge in [-0.15, -0.1) is 0 Å². The van der Waals surface area contributed by atoms with Crippen molar-refractivity contribution < 1.29 is 27.5 Å². The molecule has 0 bridgehead atoms. The van der Waals surface area contributed by atoms with Crippen LogP contribution in [0.25, 0.3) is 0 Å². The summed E-state index contributed by atoms with van der Waals surface area (Å²) in [6.45, 7) is 0.134. The largest absolute Gasteiger partial charge is 0.476 e. The Morgan fingerprint density at radius 3 is 2.83 bits per heavy atom. The second-order valence-corrected chi connectivity index (χ2v) is 4.15. The van der Waals surface area contributed by atoms with Gasteiger partial charge in [-0.3, -0.25) is 0 Å².